The summed E-state index contributed by atoms with van der Waals surface area (Å²) in [7, 11) is 0. The van der Waals surface area contributed by atoms with Crippen molar-refractivity contribution >= 4 is 74.6 Å². The average molecular weight is 573 g/mol. The molecule has 3 rings (SSSR count). The van der Waals surface area contributed by atoms with Gasteiger partial charge in [0.1, 0.15) is 17.0 Å². The number of carbonyl (C=O) groups is 3. The Balaban J connectivity index is 1.95. The Morgan fingerprint density at radius 1 is 1.03 bits per heavy atom. The van der Waals surface area contributed by atoms with E-state index in [1.807, 2.05) is 6.07 Å². The predicted molar refractivity (Wildman–Crippen MR) is 141 cm³/mol. The lowest BCUT2D eigenvalue weighted by Crippen LogP contribution is -2.49. The lowest BCUT2D eigenvalue weighted by molar-refractivity contribution is 0.0527. The summed E-state index contributed by atoms with van der Waals surface area (Å²) in [6, 6.07) is 13.6. The highest BCUT2D eigenvalue weighted by molar-refractivity contribution is 7.18. The zero-order valence-corrected chi connectivity index (χ0v) is 22.1. The van der Waals surface area contributed by atoms with Gasteiger partial charge in [-0.3, -0.25) is 9.59 Å². The van der Waals surface area contributed by atoms with Crippen LogP contribution in [0.2, 0.25) is 0 Å². The van der Waals surface area contributed by atoms with Gasteiger partial charge in [0.05, 0.1) is 17.0 Å². The normalized spacial score (nSPS) is 11.9. The number of halogens is 4. The van der Waals surface area contributed by atoms with Gasteiger partial charge < -0.3 is 20.7 Å². The van der Waals surface area contributed by atoms with Gasteiger partial charge in [-0.05, 0) is 55.8 Å². The first-order valence-corrected chi connectivity index (χ1v) is 12.5. The number of amides is 2. The van der Waals surface area contributed by atoms with Crippen molar-refractivity contribution in [3.8, 4) is 0 Å². The molecule has 7 nitrogen and oxygen atoms in total. The summed E-state index contributed by atoms with van der Waals surface area (Å²) in [5, 5.41) is 8.30. The van der Waals surface area contributed by atoms with Gasteiger partial charge in [-0.1, -0.05) is 53.0 Å². The van der Waals surface area contributed by atoms with Gasteiger partial charge in [0, 0.05) is 11.3 Å². The van der Waals surface area contributed by atoms with Crippen LogP contribution in [-0.2, 0) is 4.74 Å². The van der Waals surface area contributed by atoms with Crippen LogP contribution in [0.25, 0.3) is 0 Å². The molecule has 0 saturated heterocycles. The molecular weight excluding hydrogens is 552 g/mol. The van der Waals surface area contributed by atoms with Crippen molar-refractivity contribution in [3.63, 3.8) is 0 Å². The predicted octanol–water partition coefficient (Wildman–Crippen LogP) is 6.16. The summed E-state index contributed by atoms with van der Waals surface area (Å²) in [6.45, 7) is 3.33. The minimum atomic E-state index is -2.08. The summed E-state index contributed by atoms with van der Waals surface area (Å²) in [5.74, 6) is -2.33. The molecule has 0 aliphatic carbocycles. The second-order valence-corrected chi connectivity index (χ2v) is 10.8. The number of nitrogens with one attached hydrogen (secondary N) is 3. The molecule has 1 aromatic heterocycles. The number of esters is 1. The van der Waals surface area contributed by atoms with E-state index in [1.54, 1.807) is 38.1 Å². The molecule has 190 valence electrons. The molecule has 1 unspecified atom stereocenters. The Morgan fingerprint density at radius 2 is 1.67 bits per heavy atom. The number of thiophene rings is 1. The van der Waals surface area contributed by atoms with Crippen molar-refractivity contribution in [2.24, 2.45) is 0 Å². The molecule has 0 spiro atoms. The van der Waals surface area contributed by atoms with Crippen LogP contribution in [0.15, 0.2) is 54.6 Å². The maximum Gasteiger partial charge on any atom is 0.341 e. The van der Waals surface area contributed by atoms with E-state index in [1.165, 1.54) is 12.1 Å². The monoisotopic (exact) mass is 571 g/mol. The summed E-state index contributed by atoms with van der Waals surface area (Å²) in [4.78, 5) is 38.7. The second-order valence-electron chi connectivity index (χ2n) is 7.40. The Bertz CT molecular complexity index is 1250. The number of hydrogen-bond acceptors (Lipinski definition) is 6. The minimum Gasteiger partial charge on any atom is -0.462 e. The molecular formula is C24H21Cl3FN3O4S. The number of para-hydroxylation sites is 1. The summed E-state index contributed by atoms with van der Waals surface area (Å²) >= 11 is 19.3. The molecule has 3 aromatic rings. The van der Waals surface area contributed by atoms with E-state index >= 15 is 0 Å². The summed E-state index contributed by atoms with van der Waals surface area (Å²) < 4.78 is 16.3. The second kappa shape index (κ2) is 11.9. The van der Waals surface area contributed by atoms with Crippen LogP contribution >= 0.6 is 46.1 Å². The maximum absolute atomic E-state index is 13.2. The summed E-state index contributed by atoms with van der Waals surface area (Å²) in [5.41, 5.74) is 1.10. The van der Waals surface area contributed by atoms with Crippen LogP contribution in [0.4, 0.5) is 15.1 Å². The SMILES string of the molecule is CCOC(=O)c1c(NC(NC(=O)c2ccc(F)cc2)C(Cl)(Cl)Cl)sc(C(=O)Nc2ccccc2)c1C. The first-order valence-electron chi connectivity index (χ1n) is 10.6. The highest BCUT2D eigenvalue weighted by atomic mass is 35.6. The molecule has 12 heteroatoms. The Morgan fingerprint density at radius 3 is 2.25 bits per heavy atom. The molecule has 0 saturated carbocycles. The minimum absolute atomic E-state index is 0.0651. The van der Waals surface area contributed by atoms with Crippen LogP contribution in [0.3, 0.4) is 0 Å². The molecule has 0 aliphatic heterocycles. The Kier molecular flexibility index (Phi) is 9.19. The van der Waals surface area contributed by atoms with Gasteiger partial charge in [-0.15, -0.1) is 11.3 Å². The lowest BCUT2D eigenvalue weighted by Gasteiger charge is -2.27. The van der Waals surface area contributed by atoms with Crippen LogP contribution in [-0.4, -0.2) is 34.3 Å². The molecule has 3 N–H and O–H groups in total. The molecule has 36 heavy (non-hydrogen) atoms. The van der Waals surface area contributed by atoms with E-state index in [-0.39, 0.29) is 27.6 Å². The van der Waals surface area contributed by atoms with Crippen molar-refractivity contribution < 1.29 is 23.5 Å². The first-order chi connectivity index (χ1) is 17.0. The van der Waals surface area contributed by atoms with E-state index in [9.17, 15) is 18.8 Å². The zero-order valence-electron chi connectivity index (χ0n) is 19.0. The number of alkyl halides is 3. The number of carbonyl (C=O) groups excluding carboxylic acids is 3. The highest BCUT2D eigenvalue weighted by Gasteiger charge is 2.37. The third kappa shape index (κ3) is 6.88. The maximum atomic E-state index is 13.2. The molecule has 2 amide bonds. The lowest BCUT2D eigenvalue weighted by atomic mass is 10.1. The van der Waals surface area contributed by atoms with E-state index in [0.29, 0.717) is 11.3 Å². The van der Waals surface area contributed by atoms with E-state index < -0.39 is 33.6 Å². The zero-order chi connectivity index (χ0) is 26.5. The number of rotatable bonds is 8. The third-order valence-electron chi connectivity index (χ3n) is 4.85. The highest BCUT2D eigenvalue weighted by Crippen LogP contribution is 2.38. The van der Waals surface area contributed by atoms with Gasteiger partial charge in [0.2, 0.25) is 3.79 Å². The van der Waals surface area contributed by atoms with Crippen molar-refractivity contribution in [2.45, 2.75) is 23.8 Å². The van der Waals surface area contributed by atoms with Crippen molar-refractivity contribution in [3.05, 3.63) is 82.0 Å². The van der Waals surface area contributed by atoms with Gasteiger partial charge in [0.15, 0.2) is 0 Å². The number of ether oxygens (including phenoxy) is 1. The van der Waals surface area contributed by atoms with Crippen LogP contribution in [0, 0.1) is 12.7 Å². The number of hydrogen-bond donors (Lipinski definition) is 3. The largest absolute Gasteiger partial charge is 0.462 e. The topological polar surface area (TPSA) is 96.5 Å². The fraction of sp³-hybridized carbons (Fsp3) is 0.208. The van der Waals surface area contributed by atoms with Gasteiger partial charge in [0.25, 0.3) is 11.8 Å². The first kappa shape index (κ1) is 27.7. The molecule has 0 radical (unpaired) electrons. The molecule has 1 heterocycles. The standard InChI is InChI=1S/C24H21Cl3FN3O4S/c1-3-35-22(34)17-13(2)18(20(33)29-16-7-5-4-6-8-16)36-21(17)31-23(24(25,26)27)30-19(32)14-9-11-15(28)12-10-14/h4-12,23,31H,3H2,1-2H3,(H,29,33)(H,30,32). The fourth-order valence-electron chi connectivity index (χ4n) is 3.14. The van der Waals surface area contributed by atoms with Gasteiger partial charge in [-0.2, -0.15) is 0 Å². The van der Waals surface area contributed by atoms with Gasteiger partial charge >= 0.3 is 5.97 Å². The molecule has 2 aromatic carbocycles. The smallest absolute Gasteiger partial charge is 0.341 e. The van der Waals surface area contributed by atoms with Crippen LogP contribution < -0.4 is 16.0 Å². The molecule has 0 aliphatic rings. The van der Waals surface area contributed by atoms with Crippen molar-refractivity contribution in [1.29, 1.82) is 0 Å². The van der Waals surface area contributed by atoms with Crippen LogP contribution in [0.1, 0.15) is 42.9 Å². The number of anilines is 2. The van der Waals surface area contributed by atoms with Crippen molar-refractivity contribution in [1.82, 2.24) is 5.32 Å². The quantitative estimate of drug-likeness (QED) is 0.171. The van der Waals surface area contributed by atoms with Crippen LogP contribution in [0.5, 0.6) is 0 Å². The van der Waals surface area contributed by atoms with E-state index in [4.69, 9.17) is 39.5 Å². The summed E-state index contributed by atoms with van der Waals surface area (Å²) in [6.07, 6.45) is -1.34. The van der Waals surface area contributed by atoms with E-state index in [2.05, 4.69) is 16.0 Å². The fourth-order valence-corrected chi connectivity index (χ4v) is 4.58. The molecule has 0 bridgehead atoms. The average Bonchev–Trinajstić information content (AvgIpc) is 3.15. The third-order valence-corrected chi connectivity index (χ3v) is 6.73. The molecule has 1 atom stereocenters. The number of benzene rings is 2. The van der Waals surface area contributed by atoms with Gasteiger partial charge in [-0.25, -0.2) is 9.18 Å². The van der Waals surface area contributed by atoms with Crippen molar-refractivity contribution in [2.75, 3.05) is 17.2 Å². The Labute approximate surface area is 225 Å². The molecule has 0 fully saturated rings. The Hall–Kier alpha value is -2.85. The van der Waals surface area contributed by atoms with E-state index in [0.717, 1.165) is 23.5 Å².